The van der Waals surface area contributed by atoms with Crippen molar-refractivity contribution in [1.82, 2.24) is 5.32 Å². The van der Waals surface area contributed by atoms with Crippen LogP contribution in [0.3, 0.4) is 0 Å². The third kappa shape index (κ3) is 52.1. The first kappa shape index (κ1) is 105. The lowest BCUT2D eigenvalue weighted by Gasteiger charge is -2.48. The molecule has 3 aliphatic heterocycles. The molecule has 113 heavy (non-hydrogen) atoms. The number of amides is 1. The SMILES string of the molecule is CCCCCCCCCCCCCCCCCCCCCC/C=C/CC/C=C/CC/C=C/C(O)C(COC1OC(CO)C(OC2OC(CO)C(OC3OC(CO)C(O)C(O)C3O)C(O)C2O)C(O)C1O)NC(=O)CCCCCCCCCCCCCCCCCCCCCCCCCCCCCCCCCCCCCCCC. The number of carbonyl (C=O) groups is 1. The maximum Gasteiger partial charge on any atom is 0.220 e. The smallest absolute Gasteiger partial charge is 0.220 e. The molecule has 0 aromatic rings. The predicted octanol–water partition coefficient (Wildman–Crippen LogP) is 19.0. The number of nitrogens with one attached hydrogen (secondary N) is 1. The number of unbranched alkanes of at least 4 members (excludes halogenated alkanes) is 59. The molecule has 3 rings (SSSR count). The highest BCUT2D eigenvalue weighted by Gasteiger charge is 2.54. The lowest BCUT2D eigenvalue weighted by Crippen LogP contribution is -2.66. The van der Waals surface area contributed by atoms with Crippen LogP contribution in [-0.2, 0) is 33.2 Å². The Morgan fingerprint density at radius 2 is 0.566 bits per heavy atom. The van der Waals surface area contributed by atoms with Gasteiger partial charge in [0.1, 0.15) is 73.2 Å². The van der Waals surface area contributed by atoms with Crippen LogP contribution in [0.5, 0.6) is 0 Å². The highest BCUT2D eigenvalue weighted by atomic mass is 16.8. The van der Waals surface area contributed by atoms with E-state index in [1.165, 1.54) is 347 Å². The molecule has 17 atom stereocenters. The van der Waals surface area contributed by atoms with E-state index in [0.717, 1.165) is 44.9 Å². The summed E-state index contributed by atoms with van der Waals surface area (Å²) in [6.45, 7) is 1.79. The van der Waals surface area contributed by atoms with Gasteiger partial charge in [-0.15, -0.1) is 0 Å². The van der Waals surface area contributed by atoms with E-state index in [-0.39, 0.29) is 18.9 Å². The van der Waals surface area contributed by atoms with Crippen LogP contribution < -0.4 is 5.32 Å². The zero-order valence-electron chi connectivity index (χ0n) is 72.1. The molecular weight excluding hydrogens is 1430 g/mol. The van der Waals surface area contributed by atoms with Gasteiger partial charge in [0.2, 0.25) is 5.91 Å². The highest BCUT2D eigenvalue weighted by molar-refractivity contribution is 5.76. The number of ether oxygens (including phenoxy) is 6. The molecular formula is C94H177NO18. The summed E-state index contributed by atoms with van der Waals surface area (Å²) in [5.74, 6) is -0.280. The summed E-state index contributed by atoms with van der Waals surface area (Å²) in [5.41, 5.74) is 0. The summed E-state index contributed by atoms with van der Waals surface area (Å²) in [7, 11) is 0. The number of hydrogen-bond acceptors (Lipinski definition) is 18. The van der Waals surface area contributed by atoms with Crippen molar-refractivity contribution in [2.24, 2.45) is 0 Å². The molecule has 0 aromatic carbocycles. The van der Waals surface area contributed by atoms with E-state index in [1.54, 1.807) is 6.08 Å². The van der Waals surface area contributed by atoms with Crippen molar-refractivity contribution in [1.29, 1.82) is 0 Å². The zero-order chi connectivity index (χ0) is 81.7. The van der Waals surface area contributed by atoms with E-state index in [2.05, 4.69) is 43.5 Å². The van der Waals surface area contributed by atoms with Gasteiger partial charge >= 0.3 is 0 Å². The predicted molar refractivity (Wildman–Crippen MR) is 457 cm³/mol. The van der Waals surface area contributed by atoms with Crippen LogP contribution in [0, 0.1) is 0 Å². The molecule has 0 radical (unpaired) electrons. The van der Waals surface area contributed by atoms with Crippen molar-refractivity contribution >= 4 is 5.91 Å². The molecule has 17 unspecified atom stereocenters. The van der Waals surface area contributed by atoms with Gasteiger partial charge in [0, 0.05) is 6.42 Å². The highest BCUT2D eigenvalue weighted by Crippen LogP contribution is 2.34. The molecule has 0 saturated carbocycles. The molecule has 0 aliphatic carbocycles. The summed E-state index contributed by atoms with van der Waals surface area (Å²) in [6, 6.07) is -0.997. The van der Waals surface area contributed by atoms with Crippen LogP contribution in [0.15, 0.2) is 36.5 Å². The summed E-state index contributed by atoms with van der Waals surface area (Å²) in [5, 5.41) is 121. The second kappa shape index (κ2) is 73.9. The lowest BCUT2D eigenvalue weighted by atomic mass is 9.96. The summed E-state index contributed by atoms with van der Waals surface area (Å²) < 4.78 is 34.5. The first-order chi connectivity index (χ1) is 55.3. The van der Waals surface area contributed by atoms with E-state index in [4.69, 9.17) is 28.4 Å². The Labute approximate surface area is 689 Å². The normalized spacial score (nSPS) is 24.9. The monoisotopic (exact) mass is 1610 g/mol. The van der Waals surface area contributed by atoms with E-state index in [0.29, 0.717) is 12.8 Å². The summed E-state index contributed by atoms with van der Waals surface area (Å²) in [6.07, 6.45) is 69.1. The van der Waals surface area contributed by atoms with Crippen molar-refractivity contribution < 1.29 is 89.4 Å². The number of aliphatic hydroxyl groups is 11. The van der Waals surface area contributed by atoms with Crippen LogP contribution in [0.4, 0.5) is 0 Å². The van der Waals surface area contributed by atoms with E-state index >= 15 is 0 Å². The van der Waals surface area contributed by atoms with Crippen LogP contribution in [0.1, 0.15) is 425 Å². The minimum Gasteiger partial charge on any atom is -0.394 e. The van der Waals surface area contributed by atoms with Gasteiger partial charge in [0.05, 0.1) is 38.6 Å². The fourth-order valence-corrected chi connectivity index (χ4v) is 16.4. The molecule has 3 aliphatic rings. The number of allylic oxidation sites excluding steroid dienone is 5. The Bertz CT molecular complexity index is 2170. The Balaban J connectivity index is 1.31. The molecule has 19 heteroatoms. The molecule has 0 bridgehead atoms. The minimum atomic E-state index is -1.98. The minimum absolute atomic E-state index is 0.237. The molecule has 19 nitrogen and oxygen atoms in total. The van der Waals surface area contributed by atoms with Crippen molar-refractivity contribution in [3.05, 3.63) is 36.5 Å². The first-order valence-electron chi connectivity index (χ1n) is 47.7. The molecule has 3 fully saturated rings. The quantitative estimate of drug-likeness (QED) is 0.0199. The van der Waals surface area contributed by atoms with Gasteiger partial charge in [0.15, 0.2) is 18.9 Å². The Hall–Kier alpha value is -1.99. The van der Waals surface area contributed by atoms with Crippen molar-refractivity contribution in [2.45, 2.75) is 529 Å². The first-order valence-corrected chi connectivity index (χ1v) is 47.7. The van der Waals surface area contributed by atoms with Gasteiger partial charge in [-0.25, -0.2) is 0 Å². The fourth-order valence-electron chi connectivity index (χ4n) is 16.4. The Kier molecular flexibility index (Phi) is 68.8. The molecule has 0 spiro atoms. The molecule has 3 saturated heterocycles. The maximum atomic E-state index is 13.5. The topological polar surface area (TPSA) is 307 Å². The third-order valence-corrected chi connectivity index (χ3v) is 23.9. The fraction of sp³-hybridized carbons (Fsp3) is 0.926. The van der Waals surface area contributed by atoms with Crippen LogP contribution in [0.2, 0.25) is 0 Å². The second-order valence-electron chi connectivity index (χ2n) is 34.2. The second-order valence-corrected chi connectivity index (χ2v) is 34.2. The van der Waals surface area contributed by atoms with Gasteiger partial charge in [-0.05, 0) is 44.9 Å². The van der Waals surface area contributed by atoms with E-state index < -0.39 is 124 Å². The zero-order valence-corrected chi connectivity index (χ0v) is 72.1. The molecule has 0 aromatic heterocycles. The van der Waals surface area contributed by atoms with Crippen LogP contribution in [0.25, 0.3) is 0 Å². The number of aliphatic hydroxyl groups excluding tert-OH is 11. The average Bonchev–Trinajstić information content (AvgIpc) is 0.777. The van der Waals surface area contributed by atoms with E-state index in [1.807, 2.05) is 6.08 Å². The van der Waals surface area contributed by atoms with Crippen molar-refractivity contribution in [3.8, 4) is 0 Å². The van der Waals surface area contributed by atoms with Gasteiger partial charge < -0.3 is 89.9 Å². The summed E-state index contributed by atoms with van der Waals surface area (Å²) >= 11 is 0. The maximum absolute atomic E-state index is 13.5. The Morgan fingerprint density at radius 3 is 0.885 bits per heavy atom. The molecule has 1 amide bonds. The number of hydrogen-bond donors (Lipinski definition) is 12. The Morgan fingerprint density at radius 1 is 0.310 bits per heavy atom. The summed E-state index contributed by atoms with van der Waals surface area (Å²) in [4.78, 5) is 13.5. The average molecular weight is 1610 g/mol. The molecule has 3 heterocycles. The number of carbonyl (C=O) groups excluding carboxylic acids is 1. The van der Waals surface area contributed by atoms with Gasteiger partial charge in [-0.1, -0.05) is 410 Å². The van der Waals surface area contributed by atoms with Crippen molar-refractivity contribution in [2.75, 3.05) is 26.4 Å². The van der Waals surface area contributed by atoms with E-state index in [9.17, 15) is 61.0 Å². The lowest BCUT2D eigenvalue weighted by molar-refractivity contribution is -0.379. The largest absolute Gasteiger partial charge is 0.394 e. The van der Waals surface area contributed by atoms with Crippen LogP contribution >= 0.6 is 0 Å². The molecule has 12 N–H and O–H groups in total. The van der Waals surface area contributed by atoms with Crippen LogP contribution in [-0.4, -0.2) is 193 Å². The van der Waals surface area contributed by atoms with Gasteiger partial charge in [0.25, 0.3) is 0 Å². The third-order valence-electron chi connectivity index (χ3n) is 23.9. The number of rotatable bonds is 79. The van der Waals surface area contributed by atoms with Gasteiger partial charge in [-0.3, -0.25) is 4.79 Å². The standard InChI is InChI=1S/C94H177NO18/c1-3-5-7-9-11-13-15-17-19-21-23-25-27-29-31-33-35-36-37-38-39-40-41-42-44-46-48-50-52-54-56-58-60-62-64-66-68-70-72-82(100)95-77(78(99)71-69-67-65-63-61-59-57-55-53-51-49-47-45-43-34-32-30-28-26-24-22-20-18-16-14-12-10-8-6-4-2)76-108-92-88(106)85(103)90(80(74-97)110-92)113-94-89(107)86(104)91(81(75-98)111-94)112-93-87(105)84(102)83(101)79(73-96)109-93/h53,55,61,63,69,71,77-81,83-94,96-99,101-107H,3-52,54,56-60,62,64-68,70,72-76H2,1-2H3,(H,95,100)/b55-53+,63-61+,71-69+. The molecule has 666 valence electrons. The van der Waals surface area contributed by atoms with Crippen molar-refractivity contribution in [3.63, 3.8) is 0 Å². The van der Waals surface area contributed by atoms with Gasteiger partial charge in [-0.2, -0.15) is 0 Å².